The number of thiophene rings is 1. The van der Waals surface area contributed by atoms with Crippen LogP contribution in [0.3, 0.4) is 0 Å². The molecule has 3 heterocycles. The van der Waals surface area contributed by atoms with E-state index in [0.717, 1.165) is 35.2 Å². The van der Waals surface area contributed by atoms with Crippen LogP contribution in [0, 0.1) is 6.92 Å². The van der Waals surface area contributed by atoms with Crippen molar-refractivity contribution in [2.45, 2.75) is 30.8 Å². The fourth-order valence-electron chi connectivity index (χ4n) is 3.24. The normalized spacial score (nSPS) is 15.2. The van der Waals surface area contributed by atoms with Gasteiger partial charge in [0, 0.05) is 18.0 Å². The molecule has 0 aliphatic carbocycles. The monoisotopic (exact) mass is 443 g/mol. The standard InChI is InChI=1S/C21H25N5O2S2/c1-15-5-3-6-17(13-15)26-20(25-8-10-28-11-9-25)23-24-21(26)30-16(2)19(27)22-14-18-7-4-12-29-18/h3-7,12-13,16H,8-11,14H2,1-2H3,(H,22,27). The van der Waals surface area contributed by atoms with Crippen LogP contribution in [0.5, 0.6) is 0 Å². The highest BCUT2D eigenvalue weighted by atomic mass is 32.2. The van der Waals surface area contributed by atoms with Crippen molar-refractivity contribution in [3.63, 3.8) is 0 Å². The summed E-state index contributed by atoms with van der Waals surface area (Å²) in [5.41, 5.74) is 2.15. The van der Waals surface area contributed by atoms with E-state index in [9.17, 15) is 4.79 Å². The zero-order valence-electron chi connectivity index (χ0n) is 17.1. The highest BCUT2D eigenvalue weighted by Crippen LogP contribution is 2.30. The topological polar surface area (TPSA) is 72.3 Å². The number of rotatable bonds is 7. The predicted octanol–water partition coefficient (Wildman–Crippen LogP) is 3.27. The van der Waals surface area contributed by atoms with Gasteiger partial charge in [0.2, 0.25) is 11.9 Å². The molecule has 158 valence electrons. The third-order valence-electron chi connectivity index (χ3n) is 4.84. The van der Waals surface area contributed by atoms with Gasteiger partial charge in [-0.3, -0.25) is 9.36 Å². The maximum absolute atomic E-state index is 12.6. The van der Waals surface area contributed by atoms with Crippen molar-refractivity contribution < 1.29 is 9.53 Å². The molecule has 7 nitrogen and oxygen atoms in total. The molecule has 9 heteroatoms. The second-order valence-corrected chi connectivity index (χ2v) is 9.45. The summed E-state index contributed by atoms with van der Waals surface area (Å²) in [5.74, 6) is 0.776. The largest absolute Gasteiger partial charge is 0.378 e. The zero-order chi connectivity index (χ0) is 20.9. The summed E-state index contributed by atoms with van der Waals surface area (Å²) in [6, 6.07) is 12.3. The number of carbonyl (C=O) groups excluding carboxylic acids is 1. The van der Waals surface area contributed by atoms with Crippen LogP contribution in [0.1, 0.15) is 17.4 Å². The van der Waals surface area contributed by atoms with Gasteiger partial charge >= 0.3 is 0 Å². The lowest BCUT2D eigenvalue weighted by molar-refractivity contribution is -0.120. The highest BCUT2D eigenvalue weighted by molar-refractivity contribution is 8.00. The molecule has 30 heavy (non-hydrogen) atoms. The van der Waals surface area contributed by atoms with Crippen LogP contribution < -0.4 is 10.2 Å². The van der Waals surface area contributed by atoms with Gasteiger partial charge in [0.1, 0.15) is 0 Å². The molecule has 1 aliphatic heterocycles. The lowest BCUT2D eigenvalue weighted by atomic mass is 10.2. The van der Waals surface area contributed by atoms with Crippen molar-refractivity contribution in [2.24, 2.45) is 0 Å². The van der Waals surface area contributed by atoms with Crippen LogP contribution in [0.25, 0.3) is 5.69 Å². The van der Waals surface area contributed by atoms with E-state index in [1.165, 1.54) is 11.8 Å². The van der Waals surface area contributed by atoms with Gasteiger partial charge in [-0.15, -0.1) is 21.5 Å². The average molecular weight is 444 g/mol. The van der Waals surface area contributed by atoms with Gasteiger partial charge < -0.3 is 15.0 Å². The Hall–Kier alpha value is -2.36. The van der Waals surface area contributed by atoms with Gasteiger partial charge in [0.05, 0.1) is 30.7 Å². The number of thioether (sulfide) groups is 1. The highest BCUT2D eigenvalue weighted by Gasteiger charge is 2.25. The molecule has 1 aliphatic rings. The van der Waals surface area contributed by atoms with E-state index in [1.807, 2.05) is 41.1 Å². The molecule has 3 aromatic rings. The van der Waals surface area contributed by atoms with Crippen molar-refractivity contribution in [2.75, 3.05) is 31.2 Å². The molecule has 1 aromatic carbocycles. The number of amides is 1. The molecule has 4 rings (SSSR count). The lowest BCUT2D eigenvalue weighted by Gasteiger charge is -2.28. The minimum atomic E-state index is -0.296. The summed E-state index contributed by atoms with van der Waals surface area (Å²) >= 11 is 3.06. The maximum atomic E-state index is 12.6. The third-order valence-corrected chi connectivity index (χ3v) is 6.76. The summed E-state index contributed by atoms with van der Waals surface area (Å²) in [5, 5.41) is 14.4. The van der Waals surface area contributed by atoms with Gasteiger partial charge in [-0.1, -0.05) is 30.0 Å². The van der Waals surface area contributed by atoms with Gasteiger partial charge in [0.25, 0.3) is 0 Å². The van der Waals surface area contributed by atoms with Crippen LogP contribution in [-0.2, 0) is 16.1 Å². The smallest absolute Gasteiger partial charge is 0.233 e. The molecule has 1 saturated heterocycles. The molecule has 1 amide bonds. The van der Waals surface area contributed by atoms with E-state index in [2.05, 4.69) is 39.5 Å². The van der Waals surface area contributed by atoms with Gasteiger partial charge in [0.15, 0.2) is 5.16 Å². The number of morpholine rings is 1. The lowest BCUT2D eigenvalue weighted by Crippen LogP contribution is -2.38. The molecule has 1 atom stereocenters. The number of aromatic nitrogens is 3. The first-order chi connectivity index (χ1) is 14.6. The maximum Gasteiger partial charge on any atom is 0.233 e. The van der Waals surface area contributed by atoms with E-state index in [1.54, 1.807) is 11.3 Å². The number of nitrogens with one attached hydrogen (secondary N) is 1. The number of anilines is 1. The van der Waals surface area contributed by atoms with Gasteiger partial charge in [-0.25, -0.2) is 0 Å². The van der Waals surface area contributed by atoms with E-state index in [4.69, 9.17) is 4.74 Å². The fourth-order valence-corrected chi connectivity index (χ4v) is 4.77. The summed E-state index contributed by atoms with van der Waals surface area (Å²) in [6.07, 6.45) is 0. The minimum absolute atomic E-state index is 0.0138. The zero-order valence-corrected chi connectivity index (χ0v) is 18.7. The molecule has 0 saturated carbocycles. The minimum Gasteiger partial charge on any atom is -0.378 e. The summed E-state index contributed by atoms with van der Waals surface area (Å²) in [6.45, 7) is 7.39. The average Bonchev–Trinajstić information content (AvgIpc) is 3.42. The number of carbonyl (C=O) groups is 1. The van der Waals surface area contributed by atoms with Gasteiger partial charge in [-0.2, -0.15) is 0 Å². The predicted molar refractivity (Wildman–Crippen MR) is 121 cm³/mol. The van der Waals surface area contributed by atoms with Crippen molar-refractivity contribution in [3.8, 4) is 5.69 Å². The Balaban J connectivity index is 1.56. The number of benzene rings is 1. The molecule has 1 N–H and O–H groups in total. The van der Waals surface area contributed by atoms with Crippen LogP contribution >= 0.6 is 23.1 Å². The molecule has 0 spiro atoms. The van der Waals surface area contributed by atoms with Crippen molar-refractivity contribution in [3.05, 3.63) is 52.2 Å². The van der Waals surface area contributed by atoms with Crippen molar-refractivity contribution >= 4 is 35.0 Å². The molecule has 1 fully saturated rings. The first kappa shape index (κ1) is 20.9. The van der Waals surface area contributed by atoms with Crippen molar-refractivity contribution in [1.82, 2.24) is 20.1 Å². The van der Waals surface area contributed by atoms with Crippen LogP contribution in [0.2, 0.25) is 0 Å². The second-order valence-electron chi connectivity index (χ2n) is 7.11. The van der Waals surface area contributed by atoms with E-state index in [-0.39, 0.29) is 11.2 Å². The molecule has 1 unspecified atom stereocenters. The first-order valence-electron chi connectivity index (χ1n) is 9.94. The Morgan fingerprint density at radius 2 is 2.10 bits per heavy atom. The van der Waals surface area contributed by atoms with E-state index in [0.29, 0.717) is 24.9 Å². The van der Waals surface area contributed by atoms with Gasteiger partial charge in [-0.05, 0) is 43.0 Å². The summed E-state index contributed by atoms with van der Waals surface area (Å²) < 4.78 is 7.54. The first-order valence-corrected chi connectivity index (χ1v) is 11.7. The molecule has 0 radical (unpaired) electrons. The molecular formula is C21H25N5O2S2. The van der Waals surface area contributed by atoms with Crippen molar-refractivity contribution in [1.29, 1.82) is 0 Å². The third kappa shape index (κ3) is 4.85. The Bertz CT molecular complexity index is 983. The Kier molecular flexibility index (Phi) is 6.71. The number of ether oxygens (including phenoxy) is 1. The molecule has 2 aromatic heterocycles. The van der Waals surface area contributed by atoms with Crippen LogP contribution in [-0.4, -0.2) is 52.2 Å². The van der Waals surface area contributed by atoms with Crippen LogP contribution in [0.4, 0.5) is 5.95 Å². The summed E-state index contributed by atoms with van der Waals surface area (Å²) in [7, 11) is 0. The molecular weight excluding hydrogens is 418 g/mol. The Morgan fingerprint density at radius 1 is 1.27 bits per heavy atom. The van der Waals surface area contributed by atoms with E-state index < -0.39 is 0 Å². The number of aryl methyl sites for hydroxylation is 1. The number of hydrogen-bond donors (Lipinski definition) is 1. The van der Waals surface area contributed by atoms with E-state index >= 15 is 0 Å². The second kappa shape index (κ2) is 9.63. The SMILES string of the molecule is Cc1cccc(-n2c(SC(C)C(=O)NCc3cccs3)nnc2N2CCOCC2)c1. The summed E-state index contributed by atoms with van der Waals surface area (Å²) in [4.78, 5) is 16.0. The Morgan fingerprint density at radius 3 is 2.83 bits per heavy atom. The Labute approximate surface area is 184 Å². The number of hydrogen-bond acceptors (Lipinski definition) is 7. The molecule has 0 bridgehead atoms. The fraction of sp³-hybridized carbons (Fsp3) is 0.381. The number of nitrogens with zero attached hydrogens (tertiary/aromatic N) is 4. The quantitative estimate of drug-likeness (QED) is 0.565. The van der Waals surface area contributed by atoms with Crippen LogP contribution in [0.15, 0.2) is 46.9 Å².